The predicted molar refractivity (Wildman–Crippen MR) is 138 cm³/mol. The van der Waals surface area contributed by atoms with Crippen LogP contribution >= 0.6 is 0 Å². The fourth-order valence-electron chi connectivity index (χ4n) is 5.31. The molecular weight excluding hydrogens is 424 g/mol. The summed E-state index contributed by atoms with van der Waals surface area (Å²) in [6.07, 6.45) is 11.5. The van der Waals surface area contributed by atoms with E-state index in [1.807, 2.05) is 46.8 Å². The Hall–Kier alpha value is -3.14. The second-order valence-corrected chi connectivity index (χ2v) is 9.69. The van der Waals surface area contributed by atoms with E-state index in [9.17, 15) is 10.2 Å². The van der Waals surface area contributed by atoms with E-state index in [0.717, 1.165) is 70.2 Å². The first kappa shape index (κ1) is 24.0. The van der Waals surface area contributed by atoms with E-state index in [1.165, 1.54) is 0 Å². The van der Waals surface area contributed by atoms with Gasteiger partial charge in [-0.25, -0.2) is 0 Å². The summed E-state index contributed by atoms with van der Waals surface area (Å²) in [5.74, 6) is 1.80. The third kappa shape index (κ3) is 3.79. The van der Waals surface area contributed by atoms with Crippen LogP contribution in [0.1, 0.15) is 72.8 Å². The van der Waals surface area contributed by atoms with Gasteiger partial charge in [-0.2, -0.15) is 0 Å². The van der Waals surface area contributed by atoms with Gasteiger partial charge in [-0.1, -0.05) is 30.4 Å². The first-order valence-electron chi connectivity index (χ1n) is 12.2. The number of rotatable bonds is 7. The van der Waals surface area contributed by atoms with E-state index in [1.54, 1.807) is 0 Å². The molecule has 0 saturated carbocycles. The van der Waals surface area contributed by atoms with Gasteiger partial charge >= 0.3 is 0 Å². The molecule has 0 spiro atoms. The van der Waals surface area contributed by atoms with E-state index in [0.29, 0.717) is 17.9 Å². The number of furan rings is 1. The zero-order chi connectivity index (χ0) is 24.6. The maximum absolute atomic E-state index is 11.1. The average Bonchev–Trinajstić information content (AvgIpc) is 3.31. The molecule has 2 aromatic carbocycles. The number of benzene rings is 2. The van der Waals surface area contributed by atoms with Crippen molar-refractivity contribution in [3.8, 4) is 17.2 Å². The molecule has 4 heteroatoms. The number of aryl methyl sites for hydroxylation is 3. The molecule has 4 nitrogen and oxygen atoms in total. The SMILES string of the molecule is C/C=C/CCc1c(C)cc2c(c1O)OC[C@@]2(C)c1oc2c(O)c(CC/C=C/C)c(C)cc2c1C. The molecule has 1 atom stereocenters. The average molecular weight is 461 g/mol. The van der Waals surface area contributed by atoms with Crippen LogP contribution in [0.4, 0.5) is 0 Å². The lowest BCUT2D eigenvalue weighted by Crippen LogP contribution is -2.25. The fourth-order valence-corrected chi connectivity index (χ4v) is 5.31. The number of allylic oxidation sites excluding steroid dienone is 4. The first-order valence-corrected chi connectivity index (χ1v) is 12.2. The van der Waals surface area contributed by atoms with Gasteiger partial charge < -0.3 is 19.4 Å². The number of phenolic OH excluding ortho intramolecular Hbond substituents is 2. The second-order valence-electron chi connectivity index (χ2n) is 9.69. The summed E-state index contributed by atoms with van der Waals surface area (Å²) in [6.45, 7) is 12.6. The Balaban J connectivity index is 1.82. The highest BCUT2D eigenvalue weighted by Gasteiger charge is 2.44. The van der Waals surface area contributed by atoms with E-state index >= 15 is 0 Å². The van der Waals surface area contributed by atoms with Gasteiger partial charge in [0.15, 0.2) is 22.8 Å². The summed E-state index contributed by atoms with van der Waals surface area (Å²) in [5.41, 5.74) is 5.89. The van der Waals surface area contributed by atoms with Gasteiger partial charge in [-0.05, 0) is 90.0 Å². The van der Waals surface area contributed by atoms with E-state index in [2.05, 4.69) is 31.2 Å². The Labute approximate surface area is 202 Å². The summed E-state index contributed by atoms with van der Waals surface area (Å²) < 4.78 is 12.5. The predicted octanol–water partition coefficient (Wildman–Crippen LogP) is 7.49. The van der Waals surface area contributed by atoms with Crippen LogP contribution in [-0.2, 0) is 18.3 Å². The number of aromatic hydroxyl groups is 2. The van der Waals surface area contributed by atoms with Gasteiger partial charge in [0.1, 0.15) is 12.4 Å². The molecule has 2 N–H and O–H groups in total. The smallest absolute Gasteiger partial charge is 0.176 e. The summed E-state index contributed by atoms with van der Waals surface area (Å²) in [6, 6.07) is 4.25. The van der Waals surface area contributed by atoms with E-state index < -0.39 is 5.41 Å². The molecule has 2 heterocycles. The largest absolute Gasteiger partial charge is 0.504 e. The van der Waals surface area contributed by atoms with Crippen molar-refractivity contribution in [1.29, 1.82) is 0 Å². The van der Waals surface area contributed by atoms with Gasteiger partial charge in [0.2, 0.25) is 0 Å². The Morgan fingerprint density at radius 2 is 1.50 bits per heavy atom. The summed E-state index contributed by atoms with van der Waals surface area (Å²) >= 11 is 0. The third-order valence-corrected chi connectivity index (χ3v) is 7.31. The number of ether oxygens (including phenoxy) is 1. The summed E-state index contributed by atoms with van der Waals surface area (Å²) in [5, 5.41) is 23.1. The summed E-state index contributed by atoms with van der Waals surface area (Å²) in [7, 11) is 0. The Morgan fingerprint density at radius 3 is 2.12 bits per heavy atom. The molecule has 4 rings (SSSR count). The molecule has 0 fully saturated rings. The maximum Gasteiger partial charge on any atom is 0.176 e. The quantitative estimate of drug-likeness (QED) is 0.359. The standard InChI is InChI=1S/C30H36O4/c1-7-9-11-13-21-18(3)15-23-20(5)29(34-27(23)25(21)31)30(6)17-33-28-24(30)16-19(4)22(26(28)32)14-12-10-8-2/h7-10,15-16,31-32H,11-14,17H2,1-6H3/b9-7+,10-8+/t30-/m1/s1. The highest BCUT2D eigenvalue weighted by atomic mass is 16.5. The first-order chi connectivity index (χ1) is 16.2. The van der Waals surface area contributed by atoms with Crippen LogP contribution in [0, 0.1) is 20.8 Å². The van der Waals surface area contributed by atoms with Crippen molar-refractivity contribution >= 4 is 11.0 Å². The minimum atomic E-state index is -0.562. The molecule has 0 bridgehead atoms. The Bertz CT molecular complexity index is 1290. The molecule has 34 heavy (non-hydrogen) atoms. The van der Waals surface area contributed by atoms with Gasteiger partial charge in [-0.15, -0.1) is 0 Å². The summed E-state index contributed by atoms with van der Waals surface area (Å²) in [4.78, 5) is 0. The van der Waals surface area contributed by atoms with Gasteiger partial charge in [0.05, 0.1) is 5.41 Å². The van der Waals surface area contributed by atoms with Gasteiger partial charge in [0.25, 0.3) is 0 Å². The van der Waals surface area contributed by atoms with Gasteiger partial charge in [0, 0.05) is 22.1 Å². The highest BCUT2D eigenvalue weighted by molar-refractivity contribution is 5.89. The van der Waals surface area contributed by atoms with Crippen LogP contribution in [-0.4, -0.2) is 16.8 Å². The molecule has 0 unspecified atom stereocenters. The van der Waals surface area contributed by atoms with Crippen molar-refractivity contribution in [2.24, 2.45) is 0 Å². The van der Waals surface area contributed by atoms with Crippen LogP contribution in [0.5, 0.6) is 17.2 Å². The normalized spacial score (nSPS) is 17.8. The minimum Gasteiger partial charge on any atom is -0.504 e. The van der Waals surface area contributed by atoms with Crippen molar-refractivity contribution in [2.75, 3.05) is 6.61 Å². The van der Waals surface area contributed by atoms with Crippen molar-refractivity contribution in [3.63, 3.8) is 0 Å². The van der Waals surface area contributed by atoms with Crippen molar-refractivity contribution in [1.82, 2.24) is 0 Å². The third-order valence-electron chi connectivity index (χ3n) is 7.31. The molecular formula is C30H36O4. The second kappa shape index (κ2) is 9.25. The van der Waals surface area contributed by atoms with Crippen LogP contribution in [0.25, 0.3) is 11.0 Å². The molecule has 0 saturated heterocycles. The lowest BCUT2D eigenvalue weighted by molar-refractivity contribution is 0.272. The molecule has 0 aliphatic carbocycles. The maximum atomic E-state index is 11.1. The fraction of sp³-hybridized carbons (Fsp3) is 0.400. The molecule has 3 aromatic rings. The topological polar surface area (TPSA) is 62.8 Å². The van der Waals surface area contributed by atoms with E-state index in [-0.39, 0.29) is 11.5 Å². The zero-order valence-electron chi connectivity index (χ0n) is 21.2. The van der Waals surface area contributed by atoms with Crippen molar-refractivity contribution in [3.05, 3.63) is 75.6 Å². The molecule has 0 amide bonds. The number of hydrogen-bond donors (Lipinski definition) is 2. The lowest BCUT2D eigenvalue weighted by atomic mass is 9.79. The molecule has 180 valence electrons. The number of phenols is 2. The van der Waals surface area contributed by atoms with Crippen LogP contribution in [0.2, 0.25) is 0 Å². The van der Waals surface area contributed by atoms with Gasteiger partial charge in [-0.3, -0.25) is 0 Å². The number of fused-ring (bicyclic) bond motifs is 2. The molecule has 1 aliphatic heterocycles. The van der Waals surface area contributed by atoms with Crippen LogP contribution in [0.3, 0.4) is 0 Å². The van der Waals surface area contributed by atoms with Crippen molar-refractivity contribution in [2.45, 2.75) is 72.6 Å². The molecule has 0 radical (unpaired) electrons. The highest BCUT2D eigenvalue weighted by Crippen LogP contribution is 2.52. The zero-order valence-corrected chi connectivity index (χ0v) is 21.2. The van der Waals surface area contributed by atoms with E-state index in [4.69, 9.17) is 9.15 Å². The Morgan fingerprint density at radius 1 is 0.912 bits per heavy atom. The molecule has 1 aliphatic rings. The lowest BCUT2D eigenvalue weighted by Gasteiger charge is -2.22. The van der Waals surface area contributed by atoms with Crippen LogP contribution < -0.4 is 4.74 Å². The Kier molecular flexibility index (Phi) is 6.53. The monoisotopic (exact) mass is 460 g/mol. The van der Waals surface area contributed by atoms with Crippen molar-refractivity contribution < 1.29 is 19.4 Å². The molecule has 1 aromatic heterocycles. The minimum absolute atomic E-state index is 0.231. The number of hydrogen-bond acceptors (Lipinski definition) is 4. The van der Waals surface area contributed by atoms with Crippen LogP contribution in [0.15, 0.2) is 40.9 Å².